The van der Waals surface area contributed by atoms with E-state index in [1.54, 1.807) is 25.3 Å². The molecule has 9 heteroatoms. The van der Waals surface area contributed by atoms with E-state index in [4.69, 9.17) is 37.8 Å². The average molecular weight is 470 g/mol. The zero-order valence-corrected chi connectivity index (χ0v) is 18.4. The third kappa shape index (κ3) is 3.53. The Morgan fingerprint density at radius 2 is 1.84 bits per heavy atom. The SMILES string of the molecule is COc1ccc(C2=NN3[C@@H](c4ccc([N+](=O)[O-])cc4)Oc4c(Cl)cc(Cl)cc4[C@@H]3C2)cc1. The molecule has 0 aromatic heterocycles. The van der Waals surface area contributed by atoms with Crippen LogP contribution in [0.5, 0.6) is 11.5 Å². The summed E-state index contributed by atoms with van der Waals surface area (Å²) in [6.07, 6.45) is 0.0331. The van der Waals surface area contributed by atoms with Crippen molar-refractivity contribution in [2.24, 2.45) is 5.10 Å². The van der Waals surface area contributed by atoms with E-state index < -0.39 is 11.2 Å². The molecule has 0 saturated carbocycles. The Hall–Kier alpha value is -3.29. The van der Waals surface area contributed by atoms with Gasteiger partial charge in [0.2, 0.25) is 6.23 Å². The molecule has 0 bridgehead atoms. The molecule has 32 heavy (non-hydrogen) atoms. The van der Waals surface area contributed by atoms with Gasteiger partial charge in [0.25, 0.3) is 5.69 Å². The monoisotopic (exact) mass is 469 g/mol. The number of rotatable bonds is 4. The van der Waals surface area contributed by atoms with Crippen molar-refractivity contribution < 1.29 is 14.4 Å². The molecule has 0 unspecified atom stereocenters. The van der Waals surface area contributed by atoms with Crippen LogP contribution in [-0.4, -0.2) is 22.8 Å². The summed E-state index contributed by atoms with van der Waals surface area (Å²) in [7, 11) is 1.62. The second-order valence-electron chi connectivity index (χ2n) is 7.50. The van der Waals surface area contributed by atoms with Crippen molar-refractivity contribution in [3.8, 4) is 11.5 Å². The first-order valence-electron chi connectivity index (χ1n) is 9.85. The summed E-state index contributed by atoms with van der Waals surface area (Å²) in [5.41, 5.74) is 3.45. The molecule has 0 spiro atoms. The molecule has 0 aliphatic carbocycles. The Balaban J connectivity index is 1.58. The molecule has 7 nitrogen and oxygen atoms in total. The molecule has 5 rings (SSSR count). The molecule has 2 atom stereocenters. The Labute approximate surface area is 193 Å². The van der Waals surface area contributed by atoms with E-state index in [1.165, 1.54) is 12.1 Å². The molecule has 2 heterocycles. The Bertz CT molecular complexity index is 1230. The third-order valence-corrected chi connectivity index (χ3v) is 6.12. The van der Waals surface area contributed by atoms with Gasteiger partial charge in [0, 0.05) is 34.7 Å². The molecule has 2 aliphatic heterocycles. The van der Waals surface area contributed by atoms with E-state index in [2.05, 4.69) is 0 Å². The maximum Gasteiger partial charge on any atom is 0.269 e. The first kappa shape index (κ1) is 20.6. The van der Waals surface area contributed by atoms with Crippen molar-refractivity contribution in [1.82, 2.24) is 5.01 Å². The summed E-state index contributed by atoms with van der Waals surface area (Å²) in [6.45, 7) is 0. The number of hydrazone groups is 1. The molecule has 0 amide bonds. The largest absolute Gasteiger partial charge is 0.497 e. The minimum atomic E-state index is -0.595. The topological polar surface area (TPSA) is 77.2 Å². The number of ether oxygens (including phenoxy) is 2. The van der Waals surface area contributed by atoms with E-state index in [0.717, 1.165) is 28.2 Å². The number of non-ortho nitro benzene ring substituents is 1. The van der Waals surface area contributed by atoms with E-state index in [-0.39, 0.29) is 11.7 Å². The fourth-order valence-corrected chi connectivity index (χ4v) is 4.61. The van der Waals surface area contributed by atoms with E-state index in [1.807, 2.05) is 35.3 Å². The summed E-state index contributed by atoms with van der Waals surface area (Å²) in [5.74, 6) is 1.31. The maximum absolute atomic E-state index is 11.1. The number of hydrogen-bond donors (Lipinski definition) is 0. The number of methoxy groups -OCH3 is 1. The van der Waals surface area contributed by atoms with Crippen molar-refractivity contribution in [3.63, 3.8) is 0 Å². The van der Waals surface area contributed by atoms with Crippen LogP contribution < -0.4 is 9.47 Å². The van der Waals surface area contributed by atoms with Gasteiger partial charge in [0.05, 0.1) is 28.8 Å². The van der Waals surface area contributed by atoms with Gasteiger partial charge in [-0.05, 0) is 54.1 Å². The number of benzene rings is 3. The van der Waals surface area contributed by atoms with Gasteiger partial charge in [-0.3, -0.25) is 10.1 Å². The molecule has 0 saturated heterocycles. The quantitative estimate of drug-likeness (QED) is 0.338. The number of fused-ring (bicyclic) bond motifs is 3. The lowest BCUT2D eigenvalue weighted by molar-refractivity contribution is -0.384. The van der Waals surface area contributed by atoms with Crippen LogP contribution in [0.25, 0.3) is 0 Å². The molecule has 0 fully saturated rings. The standard InChI is InChI=1S/C23H17Cl2N3O4/c1-31-17-8-4-13(5-9-17)20-12-21-18-10-15(24)11-19(25)22(18)32-23(27(21)26-20)14-2-6-16(7-3-14)28(29)30/h2-11,21,23H,12H2,1H3/t21-,23+/m0/s1. The zero-order chi connectivity index (χ0) is 22.4. The number of nitrogens with zero attached hydrogens (tertiary/aromatic N) is 3. The minimum Gasteiger partial charge on any atom is -0.497 e. The van der Waals surface area contributed by atoms with E-state index >= 15 is 0 Å². The molecule has 162 valence electrons. The predicted molar refractivity (Wildman–Crippen MR) is 122 cm³/mol. The van der Waals surface area contributed by atoms with Crippen LogP contribution in [0.4, 0.5) is 5.69 Å². The van der Waals surface area contributed by atoms with Crippen LogP contribution in [-0.2, 0) is 0 Å². The van der Waals surface area contributed by atoms with Crippen LogP contribution in [0.15, 0.2) is 65.8 Å². The zero-order valence-electron chi connectivity index (χ0n) is 16.9. The second-order valence-corrected chi connectivity index (χ2v) is 8.34. The van der Waals surface area contributed by atoms with Gasteiger partial charge in [-0.2, -0.15) is 5.10 Å². The highest BCUT2D eigenvalue weighted by Crippen LogP contribution is 2.50. The van der Waals surface area contributed by atoms with Gasteiger partial charge in [0.15, 0.2) is 0 Å². The van der Waals surface area contributed by atoms with Gasteiger partial charge in [-0.25, -0.2) is 5.01 Å². The summed E-state index contributed by atoms with van der Waals surface area (Å²) in [4.78, 5) is 10.6. The molecular formula is C23H17Cl2N3O4. The summed E-state index contributed by atoms with van der Waals surface area (Å²) < 4.78 is 11.5. The minimum absolute atomic E-state index is 0.00942. The summed E-state index contributed by atoms with van der Waals surface area (Å²) >= 11 is 12.8. The lowest BCUT2D eigenvalue weighted by atomic mass is 9.95. The fraction of sp³-hybridized carbons (Fsp3) is 0.174. The third-order valence-electron chi connectivity index (χ3n) is 5.62. The number of nitro groups is 1. The van der Waals surface area contributed by atoms with Gasteiger partial charge < -0.3 is 9.47 Å². The Kier molecular flexibility index (Phi) is 5.15. The Morgan fingerprint density at radius 3 is 2.50 bits per heavy atom. The van der Waals surface area contributed by atoms with E-state index in [0.29, 0.717) is 22.2 Å². The van der Waals surface area contributed by atoms with Crippen molar-refractivity contribution >= 4 is 34.6 Å². The summed E-state index contributed by atoms with van der Waals surface area (Å²) in [5, 5.41) is 18.7. The highest BCUT2D eigenvalue weighted by atomic mass is 35.5. The highest BCUT2D eigenvalue weighted by molar-refractivity contribution is 6.35. The number of halogens is 2. The maximum atomic E-state index is 11.1. The molecule has 0 N–H and O–H groups in total. The number of hydrogen-bond acceptors (Lipinski definition) is 6. The average Bonchev–Trinajstić information content (AvgIpc) is 3.25. The van der Waals surface area contributed by atoms with E-state index in [9.17, 15) is 10.1 Å². The van der Waals surface area contributed by atoms with Crippen molar-refractivity contribution in [2.45, 2.75) is 18.7 Å². The van der Waals surface area contributed by atoms with Gasteiger partial charge in [0.1, 0.15) is 11.5 Å². The first-order chi connectivity index (χ1) is 15.4. The summed E-state index contributed by atoms with van der Waals surface area (Å²) in [6, 6.07) is 17.3. The van der Waals surface area contributed by atoms with Crippen molar-refractivity contribution in [1.29, 1.82) is 0 Å². The number of nitro benzene ring substituents is 1. The van der Waals surface area contributed by atoms with Crippen molar-refractivity contribution in [3.05, 3.63) is 97.5 Å². The normalized spacial score (nSPS) is 19.0. The smallest absolute Gasteiger partial charge is 0.269 e. The lowest BCUT2D eigenvalue weighted by Gasteiger charge is -2.38. The van der Waals surface area contributed by atoms with Gasteiger partial charge >= 0.3 is 0 Å². The lowest BCUT2D eigenvalue weighted by Crippen LogP contribution is -2.33. The molecular weight excluding hydrogens is 453 g/mol. The second kappa shape index (κ2) is 8.00. The fourth-order valence-electron chi connectivity index (χ4n) is 4.05. The highest BCUT2D eigenvalue weighted by Gasteiger charge is 2.42. The molecule has 3 aromatic rings. The predicted octanol–water partition coefficient (Wildman–Crippen LogP) is 6.15. The van der Waals surface area contributed by atoms with Crippen LogP contribution in [0.1, 0.15) is 35.4 Å². The van der Waals surface area contributed by atoms with Gasteiger partial charge in [-0.15, -0.1) is 0 Å². The molecule has 3 aromatic carbocycles. The van der Waals surface area contributed by atoms with Crippen molar-refractivity contribution in [2.75, 3.05) is 7.11 Å². The van der Waals surface area contributed by atoms with Crippen LogP contribution >= 0.6 is 23.2 Å². The molecule has 0 radical (unpaired) electrons. The first-order valence-corrected chi connectivity index (χ1v) is 10.6. The van der Waals surface area contributed by atoms with Gasteiger partial charge in [-0.1, -0.05) is 23.2 Å². The Morgan fingerprint density at radius 1 is 1.12 bits per heavy atom. The van der Waals surface area contributed by atoms with Crippen LogP contribution in [0.2, 0.25) is 10.0 Å². The van der Waals surface area contributed by atoms with Crippen LogP contribution in [0.3, 0.4) is 0 Å². The van der Waals surface area contributed by atoms with Crippen LogP contribution in [0, 0.1) is 10.1 Å². The molecule has 2 aliphatic rings.